The first-order valence-electron chi connectivity index (χ1n) is 7.22. The maximum Gasteiger partial charge on any atom is 0.280 e. The SMILES string of the molecule is CN(C)/C=N\c1nc2c(ncn2[C@@H]2O[C@H](CO)[C@@H](O)[C@H]2O)c(=O)[nH]1. The lowest BCUT2D eigenvalue weighted by Gasteiger charge is -2.16. The fraction of sp³-hybridized carbons (Fsp3) is 0.538. The summed E-state index contributed by atoms with van der Waals surface area (Å²) in [6.07, 6.45) is -1.76. The lowest BCUT2D eigenvalue weighted by atomic mass is 10.1. The van der Waals surface area contributed by atoms with Crippen LogP contribution in [0.1, 0.15) is 6.23 Å². The Hall–Kier alpha value is -2.34. The van der Waals surface area contributed by atoms with Gasteiger partial charge in [-0.15, -0.1) is 0 Å². The van der Waals surface area contributed by atoms with Crippen molar-refractivity contribution in [3.05, 3.63) is 16.7 Å². The molecule has 0 aliphatic carbocycles. The van der Waals surface area contributed by atoms with Gasteiger partial charge in [-0.3, -0.25) is 14.3 Å². The second kappa shape index (κ2) is 6.28. The molecule has 11 nitrogen and oxygen atoms in total. The Balaban J connectivity index is 2.05. The van der Waals surface area contributed by atoms with E-state index in [1.54, 1.807) is 19.0 Å². The summed E-state index contributed by atoms with van der Waals surface area (Å²) in [5, 5.41) is 29.2. The standard InChI is InChI=1S/C13H18N6O5/c1-18(2)4-15-13-16-10-7(11(23)17-13)14-5-19(10)12-9(22)8(21)6(3-20)24-12/h4-6,8-9,12,20-22H,3H2,1-2H3,(H,16,17,23)/b15-4-/t6-,8-,9-,12-/m1/s1. The molecule has 0 saturated carbocycles. The molecule has 1 aliphatic rings. The van der Waals surface area contributed by atoms with Crippen molar-refractivity contribution in [2.45, 2.75) is 24.5 Å². The van der Waals surface area contributed by atoms with E-state index >= 15 is 0 Å². The molecule has 3 rings (SSSR count). The predicted octanol–water partition coefficient (Wildman–Crippen LogP) is -2.05. The van der Waals surface area contributed by atoms with Crippen molar-refractivity contribution in [2.75, 3.05) is 20.7 Å². The molecule has 0 amide bonds. The van der Waals surface area contributed by atoms with Crippen LogP contribution in [-0.2, 0) is 4.74 Å². The van der Waals surface area contributed by atoms with Gasteiger partial charge in [0.25, 0.3) is 5.56 Å². The smallest absolute Gasteiger partial charge is 0.280 e. The Morgan fingerprint density at radius 1 is 1.46 bits per heavy atom. The van der Waals surface area contributed by atoms with Gasteiger partial charge in [-0.25, -0.2) is 9.98 Å². The summed E-state index contributed by atoms with van der Waals surface area (Å²) in [6, 6.07) is 0. The van der Waals surface area contributed by atoms with Gasteiger partial charge in [0.2, 0.25) is 5.95 Å². The van der Waals surface area contributed by atoms with E-state index in [1.807, 2.05) is 0 Å². The van der Waals surface area contributed by atoms with E-state index in [2.05, 4.69) is 19.9 Å². The molecule has 2 aromatic rings. The average Bonchev–Trinajstić information content (AvgIpc) is 3.08. The molecule has 0 bridgehead atoms. The van der Waals surface area contributed by atoms with Crippen LogP contribution in [0.15, 0.2) is 16.1 Å². The maximum absolute atomic E-state index is 12.1. The number of imidazole rings is 1. The van der Waals surface area contributed by atoms with E-state index in [1.165, 1.54) is 17.2 Å². The van der Waals surface area contributed by atoms with Gasteiger partial charge >= 0.3 is 0 Å². The number of aromatic amines is 1. The molecule has 1 saturated heterocycles. The molecule has 4 atom stereocenters. The van der Waals surface area contributed by atoms with Gasteiger partial charge in [-0.1, -0.05) is 0 Å². The van der Waals surface area contributed by atoms with Crippen LogP contribution in [0, 0.1) is 0 Å². The van der Waals surface area contributed by atoms with Crippen LogP contribution in [0.4, 0.5) is 5.95 Å². The number of H-pyrrole nitrogens is 1. The minimum atomic E-state index is -1.30. The summed E-state index contributed by atoms with van der Waals surface area (Å²) < 4.78 is 6.78. The van der Waals surface area contributed by atoms with E-state index in [9.17, 15) is 20.1 Å². The van der Waals surface area contributed by atoms with Crippen LogP contribution in [0.5, 0.6) is 0 Å². The van der Waals surface area contributed by atoms with Gasteiger partial charge in [0.05, 0.1) is 19.3 Å². The highest BCUT2D eigenvalue weighted by molar-refractivity contribution is 5.71. The van der Waals surface area contributed by atoms with E-state index in [4.69, 9.17) is 4.74 Å². The number of hydrogen-bond acceptors (Lipinski definition) is 8. The second-order valence-electron chi connectivity index (χ2n) is 5.65. The molecule has 4 N–H and O–H groups in total. The van der Waals surface area contributed by atoms with Gasteiger partial charge in [-0.05, 0) is 0 Å². The van der Waals surface area contributed by atoms with Crippen molar-refractivity contribution < 1.29 is 20.1 Å². The third kappa shape index (κ3) is 2.78. The van der Waals surface area contributed by atoms with Crippen LogP contribution in [-0.4, -0.2) is 85.1 Å². The molecular formula is C13H18N6O5. The number of fused-ring (bicyclic) bond motifs is 1. The lowest BCUT2D eigenvalue weighted by molar-refractivity contribution is -0.0511. The largest absolute Gasteiger partial charge is 0.394 e. The van der Waals surface area contributed by atoms with Crippen molar-refractivity contribution in [3.8, 4) is 0 Å². The molecule has 0 radical (unpaired) electrons. The Morgan fingerprint density at radius 2 is 2.21 bits per heavy atom. The van der Waals surface area contributed by atoms with Crippen molar-refractivity contribution >= 4 is 23.5 Å². The second-order valence-corrected chi connectivity index (χ2v) is 5.65. The highest BCUT2D eigenvalue weighted by Crippen LogP contribution is 2.30. The van der Waals surface area contributed by atoms with Gasteiger partial charge in [0.1, 0.15) is 18.3 Å². The quantitative estimate of drug-likeness (QED) is 0.368. The summed E-state index contributed by atoms with van der Waals surface area (Å²) in [6.45, 7) is -0.451. The number of aliphatic hydroxyl groups is 3. The first-order chi connectivity index (χ1) is 11.4. The Bertz CT molecular complexity index is 815. The van der Waals surface area contributed by atoms with Gasteiger partial charge in [-0.2, -0.15) is 4.98 Å². The molecule has 11 heteroatoms. The number of aromatic nitrogens is 4. The van der Waals surface area contributed by atoms with E-state index < -0.39 is 36.7 Å². The third-order valence-corrected chi connectivity index (χ3v) is 3.62. The Labute approximate surface area is 135 Å². The molecule has 0 unspecified atom stereocenters. The number of nitrogens with one attached hydrogen (secondary N) is 1. The lowest BCUT2D eigenvalue weighted by Crippen LogP contribution is -2.33. The fourth-order valence-corrected chi connectivity index (χ4v) is 2.44. The van der Waals surface area contributed by atoms with Crippen LogP contribution in [0.25, 0.3) is 11.2 Å². The van der Waals surface area contributed by atoms with Crippen molar-refractivity contribution in [1.82, 2.24) is 24.4 Å². The number of rotatable bonds is 4. The zero-order chi connectivity index (χ0) is 17.4. The topological polar surface area (TPSA) is 149 Å². The zero-order valence-electron chi connectivity index (χ0n) is 13.1. The van der Waals surface area contributed by atoms with E-state index in [0.29, 0.717) is 0 Å². The molecule has 0 aromatic carbocycles. The molecule has 3 heterocycles. The first-order valence-corrected chi connectivity index (χ1v) is 7.22. The molecule has 1 aliphatic heterocycles. The zero-order valence-corrected chi connectivity index (χ0v) is 13.1. The van der Waals surface area contributed by atoms with Crippen LogP contribution >= 0.6 is 0 Å². The van der Waals surface area contributed by atoms with Crippen LogP contribution < -0.4 is 5.56 Å². The average molecular weight is 338 g/mol. The normalized spacial score (nSPS) is 27.4. The summed E-state index contributed by atoms with van der Waals surface area (Å²) in [5.74, 6) is 0.0645. The molecule has 1 fully saturated rings. The summed E-state index contributed by atoms with van der Waals surface area (Å²) >= 11 is 0. The number of hydrogen-bond donors (Lipinski definition) is 4. The van der Waals surface area contributed by atoms with Crippen LogP contribution in [0.2, 0.25) is 0 Å². The minimum absolute atomic E-state index is 0.0524. The molecular weight excluding hydrogens is 320 g/mol. The predicted molar refractivity (Wildman–Crippen MR) is 83.0 cm³/mol. The number of aliphatic imine (C=N–C) groups is 1. The minimum Gasteiger partial charge on any atom is -0.394 e. The monoisotopic (exact) mass is 338 g/mol. The maximum atomic E-state index is 12.1. The van der Waals surface area contributed by atoms with Gasteiger partial charge in [0, 0.05) is 14.1 Å². The highest BCUT2D eigenvalue weighted by atomic mass is 16.6. The van der Waals surface area contributed by atoms with Gasteiger partial charge < -0.3 is 25.0 Å². The Morgan fingerprint density at radius 3 is 2.83 bits per heavy atom. The number of ether oxygens (including phenoxy) is 1. The molecule has 24 heavy (non-hydrogen) atoms. The number of nitrogens with zero attached hydrogens (tertiary/aromatic N) is 5. The summed E-state index contributed by atoms with van der Waals surface area (Å²) in [7, 11) is 3.53. The van der Waals surface area contributed by atoms with Gasteiger partial charge in [0.15, 0.2) is 17.4 Å². The molecule has 130 valence electrons. The Kier molecular flexibility index (Phi) is 4.32. The van der Waals surface area contributed by atoms with E-state index in [0.717, 1.165) is 0 Å². The van der Waals surface area contributed by atoms with Crippen molar-refractivity contribution in [1.29, 1.82) is 0 Å². The molecule has 0 spiro atoms. The van der Waals surface area contributed by atoms with Crippen LogP contribution in [0.3, 0.4) is 0 Å². The van der Waals surface area contributed by atoms with Crippen molar-refractivity contribution in [2.24, 2.45) is 4.99 Å². The van der Waals surface area contributed by atoms with E-state index in [-0.39, 0.29) is 17.1 Å². The summed E-state index contributed by atoms with van der Waals surface area (Å²) in [5.41, 5.74) is -0.285. The first kappa shape index (κ1) is 16.5. The summed E-state index contributed by atoms with van der Waals surface area (Å²) in [4.78, 5) is 28.5. The molecule has 2 aromatic heterocycles. The van der Waals surface area contributed by atoms with Crippen molar-refractivity contribution in [3.63, 3.8) is 0 Å². The third-order valence-electron chi connectivity index (χ3n) is 3.62. The fourth-order valence-electron chi connectivity index (χ4n) is 2.44. The highest BCUT2D eigenvalue weighted by Gasteiger charge is 2.44. The number of aliphatic hydroxyl groups excluding tert-OH is 3.